The van der Waals surface area contributed by atoms with Crippen molar-refractivity contribution in [3.63, 3.8) is 0 Å². The number of aliphatic imine (C=N–C) groups is 1. The van der Waals surface area contributed by atoms with Crippen LogP contribution in [0, 0.1) is 0 Å². The molecule has 1 aliphatic heterocycles. The lowest BCUT2D eigenvalue weighted by Crippen LogP contribution is -2.50. The molecule has 2 aromatic carbocycles. The summed E-state index contributed by atoms with van der Waals surface area (Å²) in [6.45, 7) is 6.16. The fourth-order valence-electron chi connectivity index (χ4n) is 3.06. The van der Waals surface area contributed by atoms with Gasteiger partial charge in [0.15, 0.2) is 0 Å². The fourth-order valence-corrected chi connectivity index (χ4v) is 3.06. The lowest BCUT2D eigenvalue weighted by molar-refractivity contribution is -0.122. The molecule has 0 aliphatic carbocycles. The number of ether oxygens (including phenoxy) is 1. The van der Waals surface area contributed by atoms with E-state index in [1.165, 1.54) is 0 Å². The molecule has 3 rings (SSSR count). The van der Waals surface area contributed by atoms with Crippen molar-refractivity contribution in [2.24, 2.45) is 4.99 Å². The van der Waals surface area contributed by atoms with Crippen LogP contribution >= 0.6 is 0 Å². The van der Waals surface area contributed by atoms with Gasteiger partial charge in [-0.05, 0) is 38.0 Å². The van der Waals surface area contributed by atoms with Crippen LogP contribution in [0.2, 0.25) is 0 Å². The van der Waals surface area contributed by atoms with Gasteiger partial charge in [-0.1, -0.05) is 48.5 Å². The Balaban J connectivity index is 1.62. The second kappa shape index (κ2) is 9.43. The molecule has 1 unspecified atom stereocenters. The summed E-state index contributed by atoms with van der Waals surface area (Å²) in [5, 5.41) is 8.80. The van der Waals surface area contributed by atoms with E-state index >= 15 is 0 Å². The second-order valence-corrected chi connectivity index (χ2v) is 8.15. The van der Waals surface area contributed by atoms with E-state index in [1.54, 1.807) is 20.8 Å². The van der Waals surface area contributed by atoms with Crippen molar-refractivity contribution in [2.75, 3.05) is 11.9 Å². The number of hydrogen-bond donors (Lipinski definition) is 3. The van der Waals surface area contributed by atoms with E-state index in [0.717, 1.165) is 16.8 Å². The second-order valence-electron chi connectivity index (χ2n) is 8.15. The topological polar surface area (TPSA) is 91.8 Å². The largest absolute Gasteiger partial charge is 0.444 e. The van der Waals surface area contributed by atoms with Crippen LogP contribution in [0.5, 0.6) is 0 Å². The molecule has 2 aromatic rings. The highest BCUT2D eigenvalue weighted by atomic mass is 16.6. The van der Waals surface area contributed by atoms with Gasteiger partial charge in [-0.2, -0.15) is 0 Å². The number of nitrogens with one attached hydrogen (secondary N) is 3. The summed E-state index contributed by atoms with van der Waals surface area (Å²) in [7, 11) is 0. The zero-order chi connectivity index (χ0) is 21.6. The standard InChI is InChI=1S/C23H28N4O3/c1-23(2,3)30-22(29)27-19(13-16-9-5-4-6-10-16)21(28)25-15-20-24-14-17-11-7-8-12-18(17)26-20/h4-12,19H,13-15H2,1-3H3,(H,24,26)(H,25,28)(H,27,29). The van der Waals surface area contributed by atoms with E-state index in [4.69, 9.17) is 4.74 Å². The Kier molecular flexibility index (Phi) is 6.72. The van der Waals surface area contributed by atoms with Crippen molar-refractivity contribution in [1.29, 1.82) is 0 Å². The highest BCUT2D eigenvalue weighted by Crippen LogP contribution is 2.19. The Hall–Kier alpha value is -3.35. The van der Waals surface area contributed by atoms with Crippen LogP contribution in [-0.2, 0) is 22.5 Å². The molecule has 0 saturated heterocycles. The molecule has 0 saturated carbocycles. The Labute approximate surface area is 176 Å². The monoisotopic (exact) mass is 408 g/mol. The van der Waals surface area contributed by atoms with E-state index in [9.17, 15) is 9.59 Å². The van der Waals surface area contributed by atoms with Crippen molar-refractivity contribution in [3.05, 3.63) is 65.7 Å². The van der Waals surface area contributed by atoms with Crippen molar-refractivity contribution >= 4 is 23.5 Å². The van der Waals surface area contributed by atoms with E-state index in [-0.39, 0.29) is 12.5 Å². The van der Waals surface area contributed by atoms with Gasteiger partial charge in [0, 0.05) is 12.1 Å². The normalized spacial score (nSPS) is 13.9. The minimum Gasteiger partial charge on any atom is -0.444 e. The first-order chi connectivity index (χ1) is 14.3. The lowest BCUT2D eigenvalue weighted by atomic mass is 10.1. The molecule has 1 atom stereocenters. The van der Waals surface area contributed by atoms with Crippen molar-refractivity contribution in [2.45, 2.75) is 45.4 Å². The zero-order valence-corrected chi connectivity index (χ0v) is 17.6. The number of rotatable bonds is 6. The number of anilines is 1. The predicted octanol–water partition coefficient (Wildman–Crippen LogP) is 3.26. The van der Waals surface area contributed by atoms with Gasteiger partial charge >= 0.3 is 6.09 Å². The number of hydrogen-bond acceptors (Lipinski definition) is 5. The van der Waals surface area contributed by atoms with Crippen LogP contribution in [0.3, 0.4) is 0 Å². The van der Waals surface area contributed by atoms with Crippen molar-refractivity contribution in [1.82, 2.24) is 10.6 Å². The van der Waals surface area contributed by atoms with Crippen LogP contribution < -0.4 is 16.0 Å². The van der Waals surface area contributed by atoms with Gasteiger partial charge in [0.05, 0.1) is 13.1 Å². The minimum atomic E-state index is -0.765. The third-order valence-electron chi connectivity index (χ3n) is 4.46. The number of carbonyl (C=O) groups is 2. The van der Waals surface area contributed by atoms with Crippen molar-refractivity contribution in [3.8, 4) is 0 Å². The zero-order valence-electron chi connectivity index (χ0n) is 17.6. The third kappa shape index (κ3) is 6.34. The van der Waals surface area contributed by atoms with Crippen LogP contribution in [0.4, 0.5) is 10.5 Å². The summed E-state index contributed by atoms with van der Waals surface area (Å²) in [4.78, 5) is 29.6. The average Bonchev–Trinajstić information content (AvgIpc) is 2.71. The van der Waals surface area contributed by atoms with Gasteiger partial charge in [0.25, 0.3) is 0 Å². The van der Waals surface area contributed by atoms with Gasteiger partial charge in [0.1, 0.15) is 17.5 Å². The highest BCUT2D eigenvalue weighted by Gasteiger charge is 2.25. The number of amides is 2. The SMILES string of the molecule is CC(C)(C)OC(=O)NC(Cc1ccccc1)C(=O)NCC1=NCc2ccccc2N1. The average molecular weight is 409 g/mol. The van der Waals surface area contributed by atoms with Crippen LogP contribution in [0.25, 0.3) is 0 Å². The number of benzene rings is 2. The quantitative estimate of drug-likeness (QED) is 0.684. The van der Waals surface area contributed by atoms with Gasteiger partial charge in [-0.3, -0.25) is 9.79 Å². The van der Waals surface area contributed by atoms with E-state index < -0.39 is 17.7 Å². The molecule has 0 aromatic heterocycles. The number of amidine groups is 1. The molecule has 0 radical (unpaired) electrons. The summed E-state index contributed by atoms with van der Waals surface area (Å²) >= 11 is 0. The van der Waals surface area contributed by atoms with Gasteiger partial charge in [-0.15, -0.1) is 0 Å². The number of nitrogens with zero attached hydrogens (tertiary/aromatic N) is 1. The number of carbonyl (C=O) groups excluding carboxylic acids is 2. The molecule has 3 N–H and O–H groups in total. The maximum Gasteiger partial charge on any atom is 0.408 e. The molecule has 2 amide bonds. The Bertz CT molecular complexity index is 920. The number of para-hydroxylation sites is 1. The minimum absolute atomic E-state index is 0.244. The number of alkyl carbamates (subject to hydrolysis) is 1. The molecule has 0 spiro atoms. The maximum atomic E-state index is 12.9. The molecule has 1 aliphatic rings. The Morgan fingerprint density at radius 1 is 1.10 bits per heavy atom. The maximum absolute atomic E-state index is 12.9. The highest BCUT2D eigenvalue weighted by molar-refractivity contribution is 6.01. The van der Waals surface area contributed by atoms with Gasteiger partial charge in [0.2, 0.25) is 5.91 Å². The molecule has 158 valence electrons. The van der Waals surface area contributed by atoms with Gasteiger partial charge in [-0.25, -0.2) is 4.79 Å². The van der Waals surface area contributed by atoms with Crippen LogP contribution in [-0.4, -0.2) is 36.0 Å². The summed E-state index contributed by atoms with van der Waals surface area (Å²) in [5.41, 5.74) is 2.40. The van der Waals surface area contributed by atoms with E-state index in [1.807, 2.05) is 54.6 Å². The molecule has 0 bridgehead atoms. The van der Waals surface area contributed by atoms with E-state index in [0.29, 0.717) is 18.8 Å². The third-order valence-corrected chi connectivity index (χ3v) is 4.46. The summed E-state index contributed by atoms with van der Waals surface area (Å²) in [5.74, 6) is 0.380. The molecule has 1 heterocycles. The Morgan fingerprint density at radius 3 is 2.53 bits per heavy atom. The van der Waals surface area contributed by atoms with Crippen LogP contribution in [0.15, 0.2) is 59.6 Å². The summed E-state index contributed by atoms with van der Waals surface area (Å²) in [6, 6.07) is 16.7. The smallest absolute Gasteiger partial charge is 0.408 e. The first-order valence-corrected chi connectivity index (χ1v) is 9.99. The van der Waals surface area contributed by atoms with Crippen LogP contribution in [0.1, 0.15) is 31.9 Å². The first-order valence-electron chi connectivity index (χ1n) is 9.99. The molecular formula is C23H28N4O3. The Morgan fingerprint density at radius 2 is 1.80 bits per heavy atom. The summed E-state index contributed by atoms with van der Waals surface area (Å²) < 4.78 is 5.32. The van der Waals surface area contributed by atoms with E-state index in [2.05, 4.69) is 20.9 Å². The molecule has 7 nitrogen and oxygen atoms in total. The molecule has 30 heavy (non-hydrogen) atoms. The lowest BCUT2D eigenvalue weighted by Gasteiger charge is -2.24. The fraction of sp³-hybridized carbons (Fsp3) is 0.348. The predicted molar refractivity (Wildman–Crippen MR) is 118 cm³/mol. The molecule has 7 heteroatoms. The van der Waals surface area contributed by atoms with Gasteiger partial charge < -0.3 is 20.7 Å². The summed E-state index contributed by atoms with van der Waals surface area (Å²) in [6.07, 6.45) is -0.269. The molecular weight excluding hydrogens is 380 g/mol. The number of fused-ring (bicyclic) bond motifs is 1. The first kappa shape index (κ1) is 21.4. The molecule has 0 fully saturated rings. The van der Waals surface area contributed by atoms with Crippen molar-refractivity contribution < 1.29 is 14.3 Å².